The molecule has 24 heavy (non-hydrogen) atoms. The lowest BCUT2D eigenvalue weighted by molar-refractivity contribution is -0.890. The van der Waals surface area contributed by atoms with E-state index in [1.54, 1.807) is 14.1 Å². The van der Waals surface area contributed by atoms with Gasteiger partial charge in [0.15, 0.2) is 5.12 Å². The largest absolute Gasteiger partial charge is 0.370 e. The zero-order valence-corrected chi connectivity index (χ0v) is 16.9. The number of thioether (sulfide) groups is 1. The second-order valence-electron chi connectivity index (χ2n) is 6.42. The predicted octanol–water partition coefficient (Wildman–Crippen LogP) is 0.903. The summed E-state index contributed by atoms with van der Waals surface area (Å²) in [7, 11) is -7.84. The van der Waals surface area contributed by atoms with Gasteiger partial charge in [0.2, 0.25) is 0 Å². The second-order valence-corrected chi connectivity index (χ2v) is 11.7. The zero-order chi connectivity index (χ0) is 19.4. The highest BCUT2D eigenvalue weighted by atomic mass is 32.2. The number of quaternary nitrogens is 1. The van der Waals surface area contributed by atoms with E-state index in [9.17, 15) is 38.6 Å². The minimum atomic E-state index is -5.63. The molecule has 0 radical (unpaired) electrons. The van der Waals surface area contributed by atoms with Gasteiger partial charge in [0.1, 0.15) is 5.25 Å². The number of nitrogens with zero attached hydrogens (tertiary/aromatic N) is 1. The van der Waals surface area contributed by atoms with E-state index in [0.717, 1.165) is 26.2 Å². The van der Waals surface area contributed by atoms with E-state index in [1.165, 1.54) is 0 Å². The molecule has 5 N–H and O–H groups in total. The Bertz CT molecular complexity index is 507. The Kier molecular flexibility index (Phi) is 8.84. The highest BCUT2D eigenvalue weighted by Crippen LogP contribution is 2.70. The summed E-state index contributed by atoms with van der Waals surface area (Å²) in [6, 6.07) is 0. The molecule has 0 amide bonds. The number of rotatable bonds is 10. The van der Waals surface area contributed by atoms with Gasteiger partial charge in [0.05, 0.1) is 27.2 Å². The summed E-state index contributed by atoms with van der Waals surface area (Å²) in [5.41, 5.74) is 0. The van der Waals surface area contributed by atoms with Crippen LogP contribution in [0.25, 0.3) is 0 Å². The molecular weight excluding hydrogens is 380 g/mol. The minimum Gasteiger partial charge on any atom is -0.366 e. The molecule has 12 heteroatoms. The molecule has 0 aromatic carbocycles. The van der Waals surface area contributed by atoms with Crippen LogP contribution < -0.4 is 0 Å². The number of unbranched alkanes of at least 4 members (excludes halogenated alkanes) is 2. The summed E-state index contributed by atoms with van der Waals surface area (Å²) in [5, 5.41) is 4.44. The van der Waals surface area contributed by atoms with Crippen molar-refractivity contribution in [3.05, 3.63) is 0 Å². The van der Waals surface area contributed by atoms with E-state index in [2.05, 4.69) is 0 Å². The molecule has 0 rings (SSSR count). The van der Waals surface area contributed by atoms with Gasteiger partial charge in [-0.3, -0.25) is 13.9 Å². The first-order valence-corrected chi connectivity index (χ1v) is 11.5. The third-order valence-electron chi connectivity index (χ3n) is 3.62. The van der Waals surface area contributed by atoms with Crippen LogP contribution in [0.1, 0.15) is 33.1 Å². The average molecular weight is 408 g/mol. The Balaban J connectivity index is 5.78. The number of carbonyl (C=O) groups excluding carboxylic acids is 1. The van der Waals surface area contributed by atoms with E-state index in [4.69, 9.17) is 0 Å². The average Bonchev–Trinajstić information content (AvgIpc) is 2.33. The standard InChI is InChI=1S/C12H27NO8P2S/c1-5-6-7-8-13(3,4)9-11(24-10(2)14)12(15,22(16,17)18)23(19,20)21/h11,15H,5-9H2,1-4H3,(H3-,16,17,18,19,20,21)/p+1. The van der Waals surface area contributed by atoms with E-state index in [0.29, 0.717) is 18.3 Å². The summed E-state index contributed by atoms with van der Waals surface area (Å²) in [6.07, 6.45) is 2.68. The Morgan fingerprint density at radius 2 is 1.58 bits per heavy atom. The third-order valence-corrected chi connectivity index (χ3v) is 8.98. The van der Waals surface area contributed by atoms with E-state index >= 15 is 0 Å². The molecule has 0 fully saturated rings. The monoisotopic (exact) mass is 408 g/mol. The van der Waals surface area contributed by atoms with E-state index in [-0.39, 0.29) is 11.0 Å². The van der Waals surface area contributed by atoms with Crippen LogP contribution in [0.3, 0.4) is 0 Å². The van der Waals surface area contributed by atoms with E-state index < -0.39 is 30.6 Å². The maximum Gasteiger partial charge on any atom is 0.370 e. The number of hydrogen-bond donors (Lipinski definition) is 5. The van der Waals surface area contributed by atoms with Crippen molar-refractivity contribution in [2.75, 3.05) is 27.2 Å². The lowest BCUT2D eigenvalue weighted by Gasteiger charge is -2.40. The van der Waals surface area contributed by atoms with Gasteiger partial charge < -0.3 is 29.2 Å². The van der Waals surface area contributed by atoms with Gasteiger partial charge in [0, 0.05) is 6.92 Å². The number of hydrogen-bond acceptors (Lipinski definition) is 5. The van der Waals surface area contributed by atoms with Crippen molar-refractivity contribution in [1.29, 1.82) is 0 Å². The maximum atomic E-state index is 11.7. The zero-order valence-electron chi connectivity index (χ0n) is 14.3. The molecular formula is C12H28NO8P2S+. The predicted molar refractivity (Wildman–Crippen MR) is 92.5 cm³/mol. The van der Waals surface area contributed by atoms with Crippen LogP contribution in [0, 0.1) is 0 Å². The molecule has 0 aliphatic heterocycles. The molecule has 0 saturated carbocycles. The number of aliphatic hydroxyl groups is 1. The van der Waals surface area contributed by atoms with Crippen LogP contribution in [0.4, 0.5) is 0 Å². The van der Waals surface area contributed by atoms with Gasteiger partial charge in [-0.1, -0.05) is 25.1 Å². The highest BCUT2D eigenvalue weighted by Gasteiger charge is 2.66. The molecule has 9 nitrogen and oxygen atoms in total. The topological polar surface area (TPSA) is 152 Å². The molecule has 0 bridgehead atoms. The first-order valence-electron chi connectivity index (χ1n) is 7.41. The maximum absolute atomic E-state index is 11.7. The summed E-state index contributed by atoms with van der Waals surface area (Å²) >= 11 is 0.337. The molecule has 1 atom stereocenters. The first kappa shape index (κ1) is 24.2. The van der Waals surface area contributed by atoms with Crippen LogP contribution in [-0.4, -0.2) is 71.8 Å². The van der Waals surface area contributed by atoms with Crippen LogP contribution in [-0.2, 0) is 13.9 Å². The molecule has 0 aromatic heterocycles. The summed E-state index contributed by atoms with van der Waals surface area (Å²) in [4.78, 5) is 49.1. The lowest BCUT2D eigenvalue weighted by Crippen LogP contribution is -2.53. The summed E-state index contributed by atoms with van der Waals surface area (Å²) in [5.74, 6) is 0. The smallest absolute Gasteiger partial charge is 0.366 e. The second kappa shape index (κ2) is 8.75. The van der Waals surface area contributed by atoms with Gasteiger partial charge in [0.25, 0.3) is 5.08 Å². The quantitative estimate of drug-likeness (QED) is 0.202. The first-order chi connectivity index (χ1) is 10.6. The fourth-order valence-corrected chi connectivity index (χ4v) is 6.76. The molecule has 1 unspecified atom stereocenters. The highest BCUT2D eigenvalue weighted by molar-refractivity contribution is 8.14. The Morgan fingerprint density at radius 3 is 1.92 bits per heavy atom. The van der Waals surface area contributed by atoms with Crippen LogP contribution >= 0.6 is 27.0 Å². The fourth-order valence-electron chi connectivity index (χ4n) is 2.31. The molecule has 0 saturated heterocycles. The summed E-state index contributed by atoms with van der Waals surface area (Å²) in [6.45, 7) is 3.49. The number of carbonyl (C=O) groups is 1. The van der Waals surface area contributed by atoms with Gasteiger partial charge in [-0.2, -0.15) is 0 Å². The van der Waals surface area contributed by atoms with Crippen molar-refractivity contribution < 1.29 is 43.1 Å². The van der Waals surface area contributed by atoms with Gasteiger partial charge in [-0.25, -0.2) is 0 Å². The Labute approximate surface area is 146 Å². The third kappa shape index (κ3) is 6.52. The van der Waals surface area contributed by atoms with Crippen LogP contribution in [0.5, 0.6) is 0 Å². The van der Waals surface area contributed by atoms with Crippen molar-refractivity contribution >= 4 is 32.1 Å². The molecule has 0 aromatic rings. The molecule has 0 spiro atoms. The minimum absolute atomic E-state index is 0.146. The van der Waals surface area contributed by atoms with Crippen molar-refractivity contribution in [3.8, 4) is 0 Å². The molecule has 144 valence electrons. The van der Waals surface area contributed by atoms with Crippen molar-refractivity contribution in [1.82, 2.24) is 0 Å². The molecule has 0 aliphatic rings. The molecule has 0 aliphatic carbocycles. The van der Waals surface area contributed by atoms with Crippen molar-refractivity contribution in [3.63, 3.8) is 0 Å². The molecule has 0 heterocycles. The Morgan fingerprint density at radius 1 is 1.12 bits per heavy atom. The Hall–Kier alpha value is 0.240. The van der Waals surface area contributed by atoms with E-state index in [1.807, 2.05) is 6.92 Å². The van der Waals surface area contributed by atoms with Gasteiger partial charge >= 0.3 is 15.2 Å². The van der Waals surface area contributed by atoms with Gasteiger partial charge in [-0.05, 0) is 12.8 Å². The SMILES string of the molecule is CCCCC[N+](C)(C)CC(SC(C)=O)C(O)(P(=O)(O)O)P(=O)(O)O. The fraction of sp³-hybridized carbons (Fsp3) is 0.917. The summed E-state index contributed by atoms with van der Waals surface area (Å²) < 4.78 is 23.5. The van der Waals surface area contributed by atoms with Crippen LogP contribution in [0.15, 0.2) is 0 Å². The van der Waals surface area contributed by atoms with Crippen molar-refractivity contribution in [2.24, 2.45) is 0 Å². The van der Waals surface area contributed by atoms with Gasteiger partial charge in [-0.15, -0.1) is 0 Å². The normalized spacial score (nSPS) is 15.4. The lowest BCUT2D eigenvalue weighted by atomic mass is 10.2. The van der Waals surface area contributed by atoms with Crippen LogP contribution in [0.2, 0.25) is 0 Å². The van der Waals surface area contributed by atoms with Crippen molar-refractivity contribution in [2.45, 2.75) is 43.4 Å².